The maximum atomic E-state index is 12.6. The lowest BCUT2D eigenvalue weighted by molar-refractivity contribution is 0.0696. The number of hydrogen-bond acceptors (Lipinski definition) is 2. The SMILES string of the molecule is CC1(C)CCC(C2=C(c3ccc(CC4CCN(CCCF)C4)cc3)c3ccc(C(=O)O)cc3CCC2)CC1. The van der Waals surface area contributed by atoms with Crippen LogP contribution in [0.5, 0.6) is 0 Å². The Hall–Kier alpha value is -2.46. The number of carboxylic acids is 1. The van der Waals surface area contributed by atoms with Crippen LogP contribution in [0, 0.1) is 17.3 Å². The van der Waals surface area contributed by atoms with Crippen LogP contribution < -0.4 is 0 Å². The monoisotopic (exact) mass is 517 g/mol. The average Bonchev–Trinajstić information content (AvgIpc) is 3.26. The second-order valence-electron chi connectivity index (χ2n) is 12.8. The molecule has 0 bridgehead atoms. The maximum absolute atomic E-state index is 12.6. The number of hydrogen-bond donors (Lipinski definition) is 1. The van der Waals surface area contributed by atoms with Gasteiger partial charge in [0.1, 0.15) is 0 Å². The van der Waals surface area contributed by atoms with Crippen LogP contribution in [-0.2, 0) is 12.8 Å². The van der Waals surface area contributed by atoms with E-state index in [1.807, 2.05) is 6.07 Å². The fourth-order valence-electron chi connectivity index (χ4n) is 7.15. The number of halogens is 1. The molecule has 1 unspecified atom stereocenters. The molecule has 1 heterocycles. The Labute approximate surface area is 228 Å². The van der Waals surface area contributed by atoms with E-state index in [9.17, 15) is 14.3 Å². The zero-order valence-electron chi connectivity index (χ0n) is 23.3. The highest BCUT2D eigenvalue weighted by molar-refractivity contribution is 5.90. The molecule has 2 aliphatic carbocycles. The molecule has 0 spiro atoms. The van der Waals surface area contributed by atoms with Crippen molar-refractivity contribution in [1.82, 2.24) is 4.90 Å². The predicted octanol–water partition coefficient (Wildman–Crippen LogP) is 7.96. The van der Waals surface area contributed by atoms with Crippen LogP contribution in [0.4, 0.5) is 4.39 Å². The summed E-state index contributed by atoms with van der Waals surface area (Å²) in [7, 11) is 0. The van der Waals surface area contributed by atoms with Crippen LogP contribution in [0.2, 0.25) is 0 Å². The number of carboxylic acid groups (broad SMARTS) is 1. The Morgan fingerprint density at radius 3 is 2.53 bits per heavy atom. The van der Waals surface area contributed by atoms with E-state index in [2.05, 4.69) is 49.1 Å². The fraction of sp³-hybridized carbons (Fsp3) is 0.559. The molecule has 1 aliphatic heterocycles. The first-order valence-electron chi connectivity index (χ1n) is 14.8. The number of likely N-dealkylation sites (tertiary alicyclic amines) is 1. The van der Waals surface area contributed by atoms with Crippen molar-refractivity contribution in [2.24, 2.45) is 17.3 Å². The summed E-state index contributed by atoms with van der Waals surface area (Å²) < 4.78 is 12.6. The minimum absolute atomic E-state index is 0.222. The van der Waals surface area contributed by atoms with Crippen LogP contribution in [0.1, 0.15) is 97.8 Å². The van der Waals surface area contributed by atoms with Gasteiger partial charge in [0.15, 0.2) is 0 Å². The van der Waals surface area contributed by atoms with Gasteiger partial charge in [-0.15, -0.1) is 0 Å². The normalized spacial score (nSPS) is 22.3. The van der Waals surface area contributed by atoms with Crippen molar-refractivity contribution < 1.29 is 14.3 Å². The van der Waals surface area contributed by atoms with Gasteiger partial charge in [0.25, 0.3) is 0 Å². The van der Waals surface area contributed by atoms with E-state index < -0.39 is 5.97 Å². The smallest absolute Gasteiger partial charge is 0.335 e. The second-order valence-corrected chi connectivity index (χ2v) is 12.8. The van der Waals surface area contributed by atoms with E-state index in [0.29, 0.717) is 29.2 Å². The van der Waals surface area contributed by atoms with Gasteiger partial charge in [0.2, 0.25) is 0 Å². The molecule has 3 nitrogen and oxygen atoms in total. The summed E-state index contributed by atoms with van der Waals surface area (Å²) in [6, 6.07) is 15.0. The third-order valence-corrected chi connectivity index (χ3v) is 9.41. The standard InChI is InChI=1S/C34H44FNO2/c1-34(2)16-13-26(14-17-34)30-6-3-5-28-22-29(33(37)38)11-12-31(28)32(30)27-9-7-24(8-10-27)21-25-15-20-36(23-25)19-4-18-35/h7-12,22,25-26H,3-6,13-21,23H2,1-2H3,(H,37,38). The van der Waals surface area contributed by atoms with Gasteiger partial charge in [0, 0.05) is 13.1 Å². The lowest BCUT2D eigenvalue weighted by Gasteiger charge is -2.36. The number of aromatic carboxylic acids is 1. The van der Waals surface area contributed by atoms with Crippen molar-refractivity contribution in [3.63, 3.8) is 0 Å². The second kappa shape index (κ2) is 11.7. The summed E-state index contributed by atoms with van der Waals surface area (Å²) >= 11 is 0. The van der Waals surface area contributed by atoms with Gasteiger partial charge >= 0.3 is 5.97 Å². The zero-order valence-corrected chi connectivity index (χ0v) is 23.3. The number of benzene rings is 2. The molecule has 38 heavy (non-hydrogen) atoms. The average molecular weight is 518 g/mol. The highest BCUT2D eigenvalue weighted by atomic mass is 19.1. The molecule has 1 saturated heterocycles. The number of aryl methyl sites for hydroxylation is 1. The molecule has 1 atom stereocenters. The van der Waals surface area contributed by atoms with Gasteiger partial charge in [-0.1, -0.05) is 49.8 Å². The number of rotatable bonds is 8. The summed E-state index contributed by atoms with van der Waals surface area (Å²) in [6.45, 7) is 7.63. The number of allylic oxidation sites excluding steroid dienone is 1. The molecule has 2 aromatic rings. The molecule has 2 aromatic carbocycles. The Morgan fingerprint density at radius 1 is 1.05 bits per heavy atom. The van der Waals surface area contributed by atoms with E-state index in [1.54, 1.807) is 11.6 Å². The van der Waals surface area contributed by atoms with E-state index in [-0.39, 0.29) is 6.67 Å². The lowest BCUT2D eigenvalue weighted by Crippen LogP contribution is -2.23. The highest BCUT2D eigenvalue weighted by Gasteiger charge is 2.32. The molecule has 3 aliphatic rings. The number of nitrogens with zero attached hydrogens (tertiary/aromatic N) is 1. The van der Waals surface area contributed by atoms with Crippen molar-refractivity contribution >= 4 is 11.5 Å². The molecule has 1 N–H and O–H groups in total. The predicted molar refractivity (Wildman–Crippen MR) is 153 cm³/mol. The zero-order chi connectivity index (χ0) is 26.7. The van der Waals surface area contributed by atoms with Gasteiger partial charge in [0.05, 0.1) is 12.2 Å². The van der Waals surface area contributed by atoms with E-state index >= 15 is 0 Å². The molecule has 1 saturated carbocycles. The summed E-state index contributed by atoms with van der Waals surface area (Å²) in [5.41, 5.74) is 8.84. The quantitative estimate of drug-likeness (QED) is 0.386. The molecule has 4 heteroatoms. The van der Waals surface area contributed by atoms with Gasteiger partial charge in [-0.05, 0) is 128 Å². The molecular formula is C34H44FNO2. The van der Waals surface area contributed by atoms with Gasteiger partial charge in [-0.2, -0.15) is 0 Å². The third-order valence-electron chi connectivity index (χ3n) is 9.41. The van der Waals surface area contributed by atoms with Crippen LogP contribution in [-0.4, -0.2) is 42.3 Å². The molecular weight excluding hydrogens is 473 g/mol. The molecule has 0 aromatic heterocycles. The first kappa shape index (κ1) is 27.1. The topological polar surface area (TPSA) is 40.5 Å². The van der Waals surface area contributed by atoms with Crippen molar-refractivity contribution in [1.29, 1.82) is 0 Å². The number of carbonyl (C=O) groups is 1. The van der Waals surface area contributed by atoms with Crippen molar-refractivity contribution in [2.75, 3.05) is 26.3 Å². The van der Waals surface area contributed by atoms with E-state index in [0.717, 1.165) is 45.3 Å². The van der Waals surface area contributed by atoms with Crippen molar-refractivity contribution in [3.05, 3.63) is 75.9 Å². The summed E-state index contributed by atoms with van der Waals surface area (Å²) in [4.78, 5) is 14.1. The van der Waals surface area contributed by atoms with Gasteiger partial charge in [-0.25, -0.2) is 4.79 Å². The summed E-state index contributed by atoms with van der Waals surface area (Å²) in [5, 5.41) is 9.62. The van der Waals surface area contributed by atoms with Crippen LogP contribution in [0.25, 0.3) is 5.57 Å². The first-order chi connectivity index (χ1) is 18.3. The van der Waals surface area contributed by atoms with E-state index in [4.69, 9.17) is 0 Å². The van der Waals surface area contributed by atoms with Crippen molar-refractivity contribution in [3.8, 4) is 0 Å². The summed E-state index contributed by atoms with van der Waals surface area (Å²) in [5.74, 6) is 0.405. The van der Waals surface area contributed by atoms with Gasteiger partial charge in [-0.3, -0.25) is 4.39 Å². The van der Waals surface area contributed by atoms with Gasteiger partial charge < -0.3 is 10.0 Å². The Balaban J connectivity index is 1.44. The lowest BCUT2D eigenvalue weighted by atomic mass is 9.69. The van der Waals surface area contributed by atoms with E-state index in [1.165, 1.54) is 59.9 Å². The Bertz CT molecular complexity index is 1160. The molecule has 0 radical (unpaired) electrons. The highest BCUT2D eigenvalue weighted by Crippen LogP contribution is 2.46. The van der Waals surface area contributed by atoms with Crippen LogP contribution in [0.15, 0.2) is 48.0 Å². The molecule has 2 fully saturated rings. The maximum Gasteiger partial charge on any atom is 0.335 e. The summed E-state index contributed by atoms with van der Waals surface area (Å²) in [6.07, 6.45) is 11.0. The molecule has 5 rings (SSSR count). The Morgan fingerprint density at radius 2 is 1.82 bits per heavy atom. The fourth-order valence-corrected chi connectivity index (χ4v) is 7.15. The number of alkyl halides is 1. The minimum Gasteiger partial charge on any atom is -0.478 e. The van der Waals surface area contributed by atoms with Crippen LogP contribution >= 0.6 is 0 Å². The third kappa shape index (κ3) is 6.22. The molecule has 0 amide bonds. The number of fused-ring (bicyclic) bond motifs is 1. The first-order valence-corrected chi connectivity index (χ1v) is 14.8. The van der Waals surface area contributed by atoms with Crippen molar-refractivity contribution in [2.45, 2.75) is 78.1 Å². The largest absolute Gasteiger partial charge is 0.478 e. The minimum atomic E-state index is -0.850. The molecule has 204 valence electrons. The van der Waals surface area contributed by atoms with Crippen LogP contribution in [0.3, 0.4) is 0 Å². The Kier molecular flexibility index (Phi) is 8.38.